The van der Waals surface area contributed by atoms with Crippen LogP contribution in [0.5, 0.6) is 11.6 Å². The van der Waals surface area contributed by atoms with Gasteiger partial charge in [-0.3, -0.25) is 4.90 Å². The molecule has 1 atom stereocenters. The highest BCUT2D eigenvalue weighted by atomic mass is 16.5. The Hall–Kier alpha value is -3.18. The SMILES string of the molecule is C[C@@H]1CCCN1C/C=C/Oc1ccc(-c2ccc(OCc3ccccc3)nn2)cc1. The van der Waals surface area contributed by atoms with E-state index in [1.807, 2.05) is 66.7 Å². The van der Waals surface area contributed by atoms with Gasteiger partial charge in [0.25, 0.3) is 0 Å². The topological polar surface area (TPSA) is 47.5 Å². The first-order valence-electron chi connectivity index (χ1n) is 10.4. The van der Waals surface area contributed by atoms with Gasteiger partial charge in [-0.1, -0.05) is 30.3 Å². The Bertz CT molecular complexity index is 940. The number of hydrogen-bond acceptors (Lipinski definition) is 5. The molecule has 5 nitrogen and oxygen atoms in total. The highest BCUT2D eigenvalue weighted by Crippen LogP contribution is 2.22. The normalized spacial score (nSPS) is 16.8. The second-order valence-corrected chi connectivity index (χ2v) is 7.53. The van der Waals surface area contributed by atoms with Crippen molar-refractivity contribution in [1.29, 1.82) is 0 Å². The number of benzene rings is 2. The fourth-order valence-corrected chi connectivity index (χ4v) is 3.56. The molecule has 4 rings (SSSR count). The predicted octanol–water partition coefficient (Wildman–Crippen LogP) is 5.10. The molecule has 0 aliphatic carbocycles. The third-order valence-electron chi connectivity index (χ3n) is 5.35. The van der Waals surface area contributed by atoms with Gasteiger partial charge in [-0.25, -0.2) is 0 Å². The Labute approximate surface area is 178 Å². The first-order chi connectivity index (χ1) is 14.8. The summed E-state index contributed by atoms with van der Waals surface area (Å²) in [5, 5.41) is 8.46. The summed E-state index contributed by atoms with van der Waals surface area (Å²) in [6, 6.07) is 22.3. The van der Waals surface area contributed by atoms with Crippen LogP contribution in [0.3, 0.4) is 0 Å². The van der Waals surface area contributed by atoms with Crippen molar-refractivity contribution >= 4 is 0 Å². The van der Waals surface area contributed by atoms with Gasteiger partial charge in [0.05, 0.1) is 12.0 Å². The van der Waals surface area contributed by atoms with Crippen LogP contribution in [0.1, 0.15) is 25.3 Å². The van der Waals surface area contributed by atoms with E-state index in [1.165, 1.54) is 19.4 Å². The second kappa shape index (κ2) is 10.0. The molecule has 2 heterocycles. The second-order valence-electron chi connectivity index (χ2n) is 7.53. The monoisotopic (exact) mass is 401 g/mol. The van der Waals surface area contributed by atoms with E-state index in [-0.39, 0.29) is 0 Å². The van der Waals surface area contributed by atoms with E-state index in [0.29, 0.717) is 18.5 Å². The first kappa shape index (κ1) is 20.1. The zero-order chi connectivity index (χ0) is 20.6. The summed E-state index contributed by atoms with van der Waals surface area (Å²) in [7, 11) is 0. The lowest BCUT2D eigenvalue weighted by molar-refractivity contribution is 0.290. The minimum atomic E-state index is 0.477. The molecule has 0 bridgehead atoms. The van der Waals surface area contributed by atoms with E-state index in [2.05, 4.69) is 28.1 Å². The van der Waals surface area contributed by atoms with E-state index in [4.69, 9.17) is 9.47 Å². The molecule has 154 valence electrons. The van der Waals surface area contributed by atoms with Crippen LogP contribution in [-0.2, 0) is 6.61 Å². The first-order valence-corrected chi connectivity index (χ1v) is 10.4. The van der Waals surface area contributed by atoms with Gasteiger partial charge in [0.2, 0.25) is 5.88 Å². The summed E-state index contributed by atoms with van der Waals surface area (Å²) in [5.41, 5.74) is 2.88. The minimum Gasteiger partial charge on any atom is -0.472 e. The van der Waals surface area contributed by atoms with E-state index < -0.39 is 0 Å². The maximum Gasteiger partial charge on any atom is 0.233 e. The molecule has 1 saturated heterocycles. The van der Waals surface area contributed by atoms with Crippen LogP contribution < -0.4 is 9.47 Å². The molecule has 5 heteroatoms. The molecule has 0 N–H and O–H groups in total. The summed E-state index contributed by atoms with van der Waals surface area (Å²) in [4.78, 5) is 2.47. The van der Waals surface area contributed by atoms with Crippen LogP contribution in [0, 0.1) is 0 Å². The zero-order valence-corrected chi connectivity index (χ0v) is 17.3. The van der Waals surface area contributed by atoms with Crippen LogP contribution in [0.25, 0.3) is 11.3 Å². The van der Waals surface area contributed by atoms with Gasteiger partial charge in [0.1, 0.15) is 12.4 Å². The minimum absolute atomic E-state index is 0.477. The number of aromatic nitrogens is 2. The van der Waals surface area contributed by atoms with Gasteiger partial charge >= 0.3 is 0 Å². The predicted molar refractivity (Wildman–Crippen MR) is 118 cm³/mol. The van der Waals surface area contributed by atoms with E-state index in [1.54, 1.807) is 6.26 Å². The zero-order valence-electron chi connectivity index (χ0n) is 17.3. The van der Waals surface area contributed by atoms with Gasteiger partial charge in [-0.15, -0.1) is 10.2 Å². The lowest BCUT2D eigenvalue weighted by Crippen LogP contribution is -2.26. The summed E-state index contributed by atoms with van der Waals surface area (Å²) >= 11 is 0. The van der Waals surface area contributed by atoms with Crippen molar-refractivity contribution in [1.82, 2.24) is 15.1 Å². The quantitative estimate of drug-likeness (QED) is 0.492. The molecule has 1 aliphatic heterocycles. The molecule has 0 radical (unpaired) electrons. The molecule has 0 amide bonds. The van der Waals surface area contributed by atoms with Gasteiger partial charge in [-0.05, 0) is 68.3 Å². The number of ether oxygens (including phenoxy) is 2. The van der Waals surface area contributed by atoms with Gasteiger partial charge < -0.3 is 9.47 Å². The fraction of sp³-hybridized carbons (Fsp3) is 0.280. The Morgan fingerprint density at radius 3 is 2.53 bits per heavy atom. The summed E-state index contributed by atoms with van der Waals surface area (Å²) in [6.45, 7) is 4.88. The highest BCUT2D eigenvalue weighted by molar-refractivity contribution is 5.59. The van der Waals surface area contributed by atoms with Gasteiger partial charge in [-0.2, -0.15) is 0 Å². The Morgan fingerprint density at radius 2 is 1.83 bits per heavy atom. The van der Waals surface area contributed by atoms with Crippen molar-refractivity contribution in [2.45, 2.75) is 32.4 Å². The van der Waals surface area contributed by atoms with Crippen LogP contribution in [0.15, 0.2) is 79.1 Å². The lowest BCUT2D eigenvalue weighted by atomic mass is 10.1. The summed E-state index contributed by atoms with van der Waals surface area (Å²) in [6.07, 6.45) is 6.44. The summed E-state index contributed by atoms with van der Waals surface area (Å²) in [5.74, 6) is 1.32. The van der Waals surface area contributed by atoms with E-state index >= 15 is 0 Å². The molecule has 1 aliphatic rings. The van der Waals surface area contributed by atoms with Crippen LogP contribution >= 0.6 is 0 Å². The van der Waals surface area contributed by atoms with Crippen molar-refractivity contribution in [3.05, 3.63) is 84.6 Å². The molecule has 2 aromatic carbocycles. The highest BCUT2D eigenvalue weighted by Gasteiger charge is 2.18. The van der Waals surface area contributed by atoms with Crippen LogP contribution in [0.2, 0.25) is 0 Å². The Kier molecular flexibility index (Phi) is 6.72. The number of rotatable bonds is 8. The standard InChI is InChI=1S/C25H27N3O2/c1-20-7-5-16-28(20)17-6-18-29-23-12-10-22(11-13-23)24-14-15-25(27-26-24)30-19-21-8-3-2-4-9-21/h2-4,6,8-15,18,20H,5,7,16-17,19H2,1H3/b18-6+/t20-/m1/s1. The number of hydrogen-bond donors (Lipinski definition) is 0. The molecular formula is C25H27N3O2. The molecule has 0 unspecified atom stereocenters. The third kappa shape index (κ3) is 5.45. The Balaban J connectivity index is 1.28. The van der Waals surface area contributed by atoms with Crippen molar-refractivity contribution in [3.8, 4) is 22.9 Å². The molecule has 0 saturated carbocycles. The fourth-order valence-electron chi connectivity index (χ4n) is 3.56. The van der Waals surface area contributed by atoms with Crippen LogP contribution in [0.4, 0.5) is 0 Å². The number of nitrogens with zero attached hydrogens (tertiary/aromatic N) is 3. The molecule has 30 heavy (non-hydrogen) atoms. The maximum atomic E-state index is 5.72. The molecule has 3 aromatic rings. The lowest BCUT2D eigenvalue weighted by Gasteiger charge is -2.18. The maximum absolute atomic E-state index is 5.72. The molecule has 1 fully saturated rings. The number of likely N-dealkylation sites (tertiary alicyclic amines) is 1. The smallest absolute Gasteiger partial charge is 0.233 e. The van der Waals surface area contributed by atoms with Crippen molar-refractivity contribution in [2.24, 2.45) is 0 Å². The van der Waals surface area contributed by atoms with Crippen molar-refractivity contribution < 1.29 is 9.47 Å². The van der Waals surface area contributed by atoms with Gasteiger partial charge in [0, 0.05) is 24.2 Å². The van der Waals surface area contributed by atoms with E-state index in [9.17, 15) is 0 Å². The average molecular weight is 402 g/mol. The summed E-state index contributed by atoms with van der Waals surface area (Å²) < 4.78 is 11.4. The van der Waals surface area contributed by atoms with Gasteiger partial charge in [0.15, 0.2) is 0 Å². The Morgan fingerprint density at radius 1 is 1.00 bits per heavy atom. The van der Waals surface area contributed by atoms with Crippen molar-refractivity contribution in [3.63, 3.8) is 0 Å². The van der Waals surface area contributed by atoms with Crippen molar-refractivity contribution in [2.75, 3.05) is 13.1 Å². The van der Waals surface area contributed by atoms with E-state index in [0.717, 1.165) is 29.1 Å². The third-order valence-corrected chi connectivity index (χ3v) is 5.35. The average Bonchev–Trinajstić information content (AvgIpc) is 3.21. The molecule has 0 spiro atoms. The largest absolute Gasteiger partial charge is 0.472 e. The molecular weight excluding hydrogens is 374 g/mol. The van der Waals surface area contributed by atoms with Crippen LogP contribution in [-0.4, -0.2) is 34.2 Å². The molecule has 1 aromatic heterocycles.